The van der Waals surface area contributed by atoms with Crippen LogP contribution in [0.25, 0.3) is 0 Å². The number of carboxylic acids is 1. The average molecular weight is 277 g/mol. The Morgan fingerprint density at radius 2 is 1.95 bits per heavy atom. The molecule has 5 heteroatoms. The van der Waals surface area contributed by atoms with E-state index >= 15 is 0 Å². The highest BCUT2D eigenvalue weighted by molar-refractivity contribution is 5.94. The van der Waals surface area contributed by atoms with Gasteiger partial charge in [0.15, 0.2) is 0 Å². The minimum atomic E-state index is -0.920. The number of carboxylic acid groups (broad SMARTS) is 1. The number of phenolic OH excluding ortho intramolecular Hbond substituents is 1. The highest BCUT2D eigenvalue weighted by atomic mass is 16.4. The number of aryl methyl sites for hydroxylation is 1. The highest BCUT2D eigenvalue weighted by Gasteiger charge is 2.42. The molecule has 1 fully saturated rings. The monoisotopic (exact) mass is 277 g/mol. The van der Waals surface area contributed by atoms with Crippen LogP contribution in [0.1, 0.15) is 37.7 Å². The van der Waals surface area contributed by atoms with Gasteiger partial charge >= 0.3 is 5.97 Å². The van der Waals surface area contributed by atoms with Gasteiger partial charge in [-0.2, -0.15) is 0 Å². The lowest BCUT2D eigenvalue weighted by Gasteiger charge is -2.22. The maximum atomic E-state index is 12.0. The first-order valence-corrected chi connectivity index (χ1v) is 6.76. The standard InChI is InChI=1S/C15H19NO4/c1-10-4-5-11(8-12(10)17)16-13(18)9-15(14(19)20)6-2-3-7-15/h4-5,8,17H,2-3,6-7,9H2,1H3,(H,16,18)(H,19,20). The molecule has 20 heavy (non-hydrogen) atoms. The number of amides is 1. The minimum absolute atomic E-state index is 0.0169. The van der Waals surface area contributed by atoms with E-state index in [2.05, 4.69) is 5.32 Å². The summed E-state index contributed by atoms with van der Waals surface area (Å²) in [5.41, 5.74) is 0.286. The molecule has 0 saturated heterocycles. The normalized spacial score (nSPS) is 16.9. The molecule has 2 rings (SSSR count). The number of nitrogens with one attached hydrogen (secondary N) is 1. The molecule has 0 bridgehead atoms. The Morgan fingerprint density at radius 3 is 2.50 bits per heavy atom. The molecular formula is C15H19NO4. The zero-order chi connectivity index (χ0) is 14.8. The van der Waals surface area contributed by atoms with Gasteiger partial charge in [-0.1, -0.05) is 18.9 Å². The van der Waals surface area contributed by atoms with Crippen molar-refractivity contribution in [3.8, 4) is 5.75 Å². The Kier molecular flexibility index (Phi) is 3.97. The average Bonchev–Trinajstić information content (AvgIpc) is 2.83. The summed E-state index contributed by atoms with van der Waals surface area (Å²) in [7, 11) is 0. The summed E-state index contributed by atoms with van der Waals surface area (Å²) < 4.78 is 0. The number of aromatic hydroxyl groups is 1. The van der Waals surface area contributed by atoms with E-state index in [-0.39, 0.29) is 18.1 Å². The fourth-order valence-corrected chi connectivity index (χ4v) is 2.72. The molecule has 3 N–H and O–H groups in total. The Labute approximate surface area is 117 Å². The van der Waals surface area contributed by atoms with Crippen molar-refractivity contribution in [3.63, 3.8) is 0 Å². The molecule has 1 aromatic carbocycles. The van der Waals surface area contributed by atoms with Crippen LogP contribution in [0.5, 0.6) is 5.75 Å². The number of phenols is 1. The molecule has 0 atom stereocenters. The Morgan fingerprint density at radius 1 is 1.30 bits per heavy atom. The molecule has 1 aromatic rings. The van der Waals surface area contributed by atoms with E-state index < -0.39 is 11.4 Å². The molecule has 108 valence electrons. The second-order valence-electron chi connectivity index (χ2n) is 5.52. The maximum Gasteiger partial charge on any atom is 0.310 e. The molecule has 0 aromatic heterocycles. The number of hydrogen-bond acceptors (Lipinski definition) is 3. The van der Waals surface area contributed by atoms with Gasteiger partial charge in [0, 0.05) is 18.2 Å². The largest absolute Gasteiger partial charge is 0.508 e. The van der Waals surface area contributed by atoms with Crippen LogP contribution in [0.2, 0.25) is 0 Å². The van der Waals surface area contributed by atoms with Crippen LogP contribution in [-0.4, -0.2) is 22.1 Å². The molecular weight excluding hydrogens is 258 g/mol. The summed E-state index contributed by atoms with van der Waals surface area (Å²) in [6.45, 7) is 1.76. The maximum absolute atomic E-state index is 12.0. The SMILES string of the molecule is Cc1ccc(NC(=O)CC2(C(=O)O)CCCC2)cc1O. The van der Waals surface area contributed by atoms with Gasteiger partial charge in [-0.25, -0.2) is 0 Å². The number of carbonyl (C=O) groups is 2. The Bertz CT molecular complexity index is 533. The first-order chi connectivity index (χ1) is 9.43. The fraction of sp³-hybridized carbons (Fsp3) is 0.467. The predicted molar refractivity (Wildman–Crippen MR) is 74.6 cm³/mol. The lowest BCUT2D eigenvalue weighted by molar-refractivity contribution is -0.150. The second kappa shape index (κ2) is 5.53. The van der Waals surface area contributed by atoms with Crippen molar-refractivity contribution in [3.05, 3.63) is 23.8 Å². The molecule has 1 aliphatic carbocycles. The molecule has 1 saturated carbocycles. The van der Waals surface area contributed by atoms with Crippen LogP contribution in [0, 0.1) is 12.3 Å². The molecule has 0 unspecified atom stereocenters. The number of carbonyl (C=O) groups excluding carboxylic acids is 1. The van der Waals surface area contributed by atoms with Crippen LogP contribution >= 0.6 is 0 Å². The van der Waals surface area contributed by atoms with Crippen LogP contribution in [-0.2, 0) is 9.59 Å². The van der Waals surface area contributed by atoms with E-state index in [1.807, 2.05) is 0 Å². The Balaban J connectivity index is 2.04. The van der Waals surface area contributed by atoms with E-state index in [1.54, 1.807) is 19.1 Å². The number of hydrogen-bond donors (Lipinski definition) is 3. The van der Waals surface area contributed by atoms with Gasteiger partial charge in [0.1, 0.15) is 5.75 Å². The van der Waals surface area contributed by atoms with Crippen molar-refractivity contribution in [1.82, 2.24) is 0 Å². The topological polar surface area (TPSA) is 86.6 Å². The fourth-order valence-electron chi connectivity index (χ4n) is 2.72. The second-order valence-corrected chi connectivity index (χ2v) is 5.52. The third-order valence-electron chi connectivity index (χ3n) is 4.01. The van der Waals surface area contributed by atoms with E-state index in [4.69, 9.17) is 0 Å². The molecule has 0 radical (unpaired) electrons. The van der Waals surface area contributed by atoms with Gasteiger partial charge in [-0.15, -0.1) is 0 Å². The van der Waals surface area contributed by atoms with Crippen molar-refractivity contribution in [2.45, 2.75) is 39.0 Å². The lowest BCUT2D eigenvalue weighted by atomic mass is 9.82. The molecule has 1 aliphatic rings. The Hall–Kier alpha value is -2.04. The van der Waals surface area contributed by atoms with Crippen molar-refractivity contribution in [2.24, 2.45) is 5.41 Å². The molecule has 0 aliphatic heterocycles. The van der Waals surface area contributed by atoms with Crippen LogP contribution < -0.4 is 5.32 Å². The van der Waals surface area contributed by atoms with Crippen molar-refractivity contribution in [1.29, 1.82) is 0 Å². The van der Waals surface area contributed by atoms with Crippen molar-refractivity contribution >= 4 is 17.6 Å². The molecule has 1 amide bonds. The van der Waals surface area contributed by atoms with Crippen LogP contribution in [0.3, 0.4) is 0 Å². The number of benzene rings is 1. The minimum Gasteiger partial charge on any atom is -0.508 e. The number of aliphatic carboxylic acids is 1. The van der Waals surface area contributed by atoms with Gasteiger partial charge in [-0.05, 0) is 31.4 Å². The third kappa shape index (κ3) is 2.92. The van der Waals surface area contributed by atoms with Crippen LogP contribution in [0.15, 0.2) is 18.2 Å². The number of anilines is 1. The molecule has 0 heterocycles. The predicted octanol–water partition coefficient (Wildman–Crippen LogP) is 2.67. The number of rotatable bonds is 4. The zero-order valence-corrected chi connectivity index (χ0v) is 11.5. The van der Waals surface area contributed by atoms with Crippen molar-refractivity contribution in [2.75, 3.05) is 5.32 Å². The summed E-state index contributed by atoms with van der Waals surface area (Å²) in [5.74, 6) is -1.11. The third-order valence-corrected chi connectivity index (χ3v) is 4.01. The summed E-state index contributed by atoms with van der Waals surface area (Å²) in [6.07, 6.45) is 2.79. The van der Waals surface area contributed by atoms with Gasteiger partial charge in [-0.3, -0.25) is 9.59 Å². The first-order valence-electron chi connectivity index (χ1n) is 6.76. The smallest absolute Gasteiger partial charge is 0.310 e. The van der Waals surface area contributed by atoms with Gasteiger partial charge in [0.05, 0.1) is 5.41 Å². The van der Waals surface area contributed by atoms with E-state index in [1.165, 1.54) is 6.07 Å². The lowest BCUT2D eigenvalue weighted by Crippen LogP contribution is -2.32. The summed E-state index contributed by atoms with van der Waals surface area (Å²) in [6, 6.07) is 4.86. The van der Waals surface area contributed by atoms with Gasteiger partial charge in [0.2, 0.25) is 5.91 Å². The zero-order valence-electron chi connectivity index (χ0n) is 11.5. The van der Waals surface area contributed by atoms with E-state index in [0.29, 0.717) is 18.5 Å². The van der Waals surface area contributed by atoms with Crippen molar-refractivity contribution < 1.29 is 19.8 Å². The molecule has 5 nitrogen and oxygen atoms in total. The van der Waals surface area contributed by atoms with Gasteiger partial charge in [0.25, 0.3) is 0 Å². The summed E-state index contributed by atoms with van der Waals surface area (Å²) in [4.78, 5) is 23.4. The summed E-state index contributed by atoms with van der Waals surface area (Å²) in [5, 5.41) is 21.6. The highest BCUT2D eigenvalue weighted by Crippen LogP contribution is 2.41. The van der Waals surface area contributed by atoms with E-state index in [9.17, 15) is 19.8 Å². The van der Waals surface area contributed by atoms with Crippen LogP contribution in [0.4, 0.5) is 5.69 Å². The first kappa shape index (κ1) is 14.4. The van der Waals surface area contributed by atoms with E-state index in [0.717, 1.165) is 18.4 Å². The van der Waals surface area contributed by atoms with Gasteiger partial charge < -0.3 is 15.5 Å². The summed E-state index contributed by atoms with van der Waals surface area (Å²) >= 11 is 0. The quantitative estimate of drug-likeness (QED) is 0.789. The molecule has 0 spiro atoms.